The predicted molar refractivity (Wildman–Crippen MR) is 77.0 cm³/mol. The van der Waals surface area contributed by atoms with Crippen LogP contribution in [0.15, 0.2) is 24.3 Å². The second kappa shape index (κ2) is 7.02. The van der Waals surface area contributed by atoms with E-state index in [2.05, 4.69) is 5.32 Å². The van der Waals surface area contributed by atoms with E-state index in [9.17, 15) is 22.8 Å². The molecule has 0 saturated heterocycles. The van der Waals surface area contributed by atoms with Gasteiger partial charge < -0.3 is 10.4 Å². The van der Waals surface area contributed by atoms with Gasteiger partial charge in [-0.1, -0.05) is 31.0 Å². The van der Waals surface area contributed by atoms with Crippen molar-refractivity contribution in [3.8, 4) is 0 Å². The first-order chi connectivity index (χ1) is 10.8. The molecule has 1 fully saturated rings. The first-order valence-corrected chi connectivity index (χ1v) is 7.46. The summed E-state index contributed by atoms with van der Waals surface area (Å²) >= 11 is 0. The number of amides is 1. The summed E-state index contributed by atoms with van der Waals surface area (Å²) in [5, 5.41) is 11.1. The third-order valence-corrected chi connectivity index (χ3v) is 4.14. The van der Waals surface area contributed by atoms with Crippen molar-refractivity contribution in [3.05, 3.63) is 35.4 Å². The van der Waals surface area contributed by atoms with Gasteiger partial charge >= 0.3 is 12.1 Å². The molecule has 1 aliphatic carbocycles. The minimum atomic E-state index is -4.50. The Balaban J connectivity index is 2.09. The molecule has 23 heavy (non-hydrogen) atoms. The summed E-state index contributed by atoms with van der Waals surface area (Å²) in [4.78, 5) is 23.1. The largest absolute Gasteiger partial charge is 0.478 e. The molecule has 4 nitrogen and oxygen atoms in total. The van der Waals surface area contributed by atoms with Crippen LogP contribution in [0.4, 0.5) is 13.2 Å². The monoisotopic (exact) mass is 329 g/mol. The van der Waals surface area contributed by atoms with E-state index in [1.807, 2.05) is 0 Å². The number of hydrogen-bond acceptors (Lipinski definition) is 2. The smallest absolute Gasteiger partial charge is 0.408 e. The normalized spacial score (nSPS) is 17.0. The first-order valence-electron chi connectivity index (χ1n) is 7.46. The number of carbonyl (C=O) groups excluding carboxylic acids is 1. The maximum Gasteiger partial charge on any atom is 0.408 e. The molecule has 126 valence electrons. The highest BCUT2D eigenvalue weighted by Gasteiger charge is 2.46. The van der Waals surface area contributed by atoms with Crippen LogP contribution in [0.3, 0.4) is 0 Å². The van der Waals surface area contributed by atoms with Crippen LogP contribution in [0.25, 0.3) is 0 Å². The van der Waals surface area contributed by atoms with Gasteiger partial charge in [-0.3, -0.25) is 4.79 Å². The van der Waals surface area contributed by atoms with Gasteiger partial charge in [0.05, 0.1) is 12.0 Å². The summed E-state index contributed by atoms with van der Waals surface area (Å²) in [5.41, 5.74) is 0.122. The molecule has 1 unspecified atom stereocenters. The fraction of sp³-hybridized carbons (Fsp3) is 0.500. The number of carboxylic acids is 1. The molecule has 7 heteroatoms. The Morgan fingerprint density at radius 1 is 1.22 bits per heavy atom. The number of benzene rings is 1. The quantitative estimate of drug-likeness (QED) is 0.872. The van der Waals surface area contributed by atoms with Gasteiger partial charge in [0.15, 0.2) is 0 Å². The minimum Gasteiger partial charge on any atom is -0.478 e. The van der Waals surface area contributed by atoms with Crippen LogP contribution in [0.2, 0.25) is 0 Å². The molecule has 1 aliphatic rings. The van der Waals surface area contributed by atoms with Crippen LogP contribution in [0, 0.1) is 5.92 Å². The van der Waals surface area contributed by atoms with Crippen LogP contribution >= 0.6 is 0 Å². The summed E-state index contributed by atoms with van der Waals surface area (Å²) in [5.74, 6) is -2.63. The number of aromatic carboxylic acids is 1. The van der Waals surface area contributed by atoms with E-state index in [0.717, 1.165) is 12.8 Å². The van der Waals surface area contributed by atoms with Gasteiger partial charge in [-0.05, 0) is 30.4 Å². The van der Waals surface area contributed by atoms with E-state index in [4.69, 9.17) is 5.11 Å². The summed E-state index contributed by atoms with van der Waals surface area (Å²) in [7, 11) is 0. The Morgan fingerprint density at radius 2 is 1.83 bits per heavy atom. The molecule has 2 rings (SSSR count). The van der Waals surface area contributed by atoms with Crippen molar-refractivity contribution in [2.75, 3.05) is 0 Å². The molecule has 0 bridgehead atoms. The molecule has 0 aliphatic heterocycles. The second-order valence-corrected chi connectivity index (χ2v) is 5.77. The molecule has 1 saturated carbocycles. The molecule has 1 amide bonds. The van der Waals surface area contributed by atoms with E-state index >= 15 is 0 Å². The molecular weight excluding hydrogens is 311 g/mol. The number of alkyl halides is 3. The Labute approximate surface area is 131 Å². The maximum absolute atomic E-state index is 13.2. The van der Waals surface area contributed by atoms with Crippen molar-refractivity contribution in [1.29, 1.82) is 0 Å². The fourth-order valence-electron chi connectivity index (χ4n) is 3.04. The van der Waals surface area contributed by atoms with Gasteiger partial charge in [0, 0.05) is 0 Å². The maximum atomic E-state index is 13.2. The molecule has 0 heterocycles. The van der Waals surface area contributed by atoms with Gasteiger partial charge in [-0.2, -0.15) is 13.2 Å². The Morgan fingerprint density at radius 3 is 2.39 bits per heavy atom. The first kappa shape index (κ1) is 17.3. The van der Waals surface area contributed by atoms with Crippen LogP contribution in [-0.4, -0.2) is 29.2 Å². The van der Waals surface area contributed by atoms with E-state index in [-0.39, 0.29) is 17.5 Å². The number of carboxylic acid groups (broad SMARTS) is 1. The number of rotatable bonds is 5. The lowest BCUT2D eigenvalue weighted by atomic mass is 9.97. The lowest BCUT2D eigenvalue weighted by Gasteiger charge is -2.27. The van der Waals surface area contributed by atoms with Gasteiger partial charge in [0.1, 0.15) is 6.04 Å². The van der Waals surface area contributed by atoms with Crippen LogP contribution in [0.5, 0.6) is 0 Å². The highest BCUT2D eigenvalue weighted by Crippen LogP contribution is 2.35. The lowest BCUT2D eigenvalue weighted by molar-refractivity contribution is -0.171. The average Bonchev–Trinajstić information content (AvgIpc) is 2.97. The standard InChI is InChI=1S/C16H18F3NO3/c17-16(18,19)14(10-5-1-2-6-10)20-13(21)9-11-7-3-4-8-12(11)15(22)23/h3-4,7-8,10,14H,1-2,5-6,9H2,(H,20,21)(H,22,23). The van der Waals surface area contributed by atoms with E-state index in [0.29, 0.717) is 12.8 Å². The zero-order valence-electron chi connectivity index (χ0n) is 12.4. The number of carbonyl (C=O) groups is 2. The van der Waals surface area contributed by atoms with Gasteiger partial charge in [-0.25, -0.2) is 4.79 Å². The summed E-state index contributed by atoms with van der Waals surface area (Å²) < 4.78 is 39.5. The van der Waals surface area contributed by atoms with Crippen molar-refractivity contribution >= 4 is 11.9 Å². The van der Waals surface area contributed by atoms with E-state index in [1.165, 1.54) is 18.2 Å². The third kappa shape index (κ3) is 4.46. The van der Waals surface area contributed by atoms with E-state index in [1.54, 1.807) is 6.07 Å². The van der Waals surface area contributed by atoms with Crippen molar-refractivity contribution in [3.63, 3.8) is 0 Å². The van der Waals surface area contributed by atoms with E-state index < -0.39 is 30.0 Å². The number of halogens is 3. The average molecular weight is 329 g/mol. The van der Waals surface area contributed by atoms with Gasteiger partial charge in [0.2, 0.25) is 5.91 Å². The molecule has 0 aromatic heterocycles. The third-order valence-electron chi connectivity index (χ3n) is 4.14. The number of hydrogen-bond donors (Lipinski definition) is 2. The predicted octanol–water partition coefficient (Wildman–Crippen LogP) is 3.16. The van der Waals surface area contributed by atoms with Crippen LogP contribution < -0.4 is 5.32 Å². The van der Waals surface area contributed by atoms with Crippen molar-refractivity contribution < 1.29 is 27.9 Å². The molecule has 1 atom stereocenters. The Hall–Kier alpha value is -2.05. The van der Waals surface area contributed by atoms with Crippen LogP contribution in [0.1, 0.15) is 41.6 Å². The van der Waals surface area contributed by atoms with Gasteiger partial charge in [0.25, 0.3) is 0 Å². The lowest BCUT2D eigenvalue weighted by Crippen LogP contribution is -2.50. The summed E-state index contributed by atoms with van der Waals surface area (Å²) in [6, 6.07) is 3.94. The summed E-state index contributed by atoms with van der Waals surface area (Å²) in [6.45, 7) is 0. The molecule has 0 radical (unpaired) electrons. The number of nitrogens with one attached hydrogen (secondary N) is 1. The zero-order chi connectivity index (χ0) is 17.0. The Kier molecular flexibility index (Phi) is 5.28. The van der Waals surface area contributed by atoms with Crippen molar-refractivity contribution in [1.82, 2.24) is 5.32 Å². The fourth-order valence-corrected chi connectivity index (χ4v) is 3.04. The highest BCUT2D eigenvalue weighted by atomic mass is 19.4. The topological polar surface area (TPSA) is 66.4 Å². The summed E-state index contributed by atoms with van der Waals surface area (Å²) in [6.07, 6.45) is -2.55. The second-order valence-electron chi connectivity index (χ2n) is 5.77. The molecule has 1 aromatic carbocycles. The highest BCUT2D eigenvalue weighted by molar-refractivity contribution is 5.91. The molecule has 0 spiro atoms. The zero-order valence-corrected chi connectivity index (χ0v) is 12.4. The SMILES string of the molecule is O=C(Cc1ccccc1C(=O)O)NC(C1CCCC1)C(F)(F)F. The minimum absolute atomic E-state index is 0.0768. The van der Waals surface area contributed by atoms with Crippen LogP contribution in [-0.2, 0) is 11.2 Å². The molecular formula is C16H18F3NO3. The van der Waals surface area contributed by atoms with Crippen molar-refractivity contribution in [2.24, 2.45) is 5.92 Å². The molecule has 1 aromatic rings. The van der Waals surface area contributed by atoms with Gasteiger partial charge in [-0.15, -0.1) is 0 Å². The van der Waals surface area contributed by atoms with Crippen molar-refractivity contribution in [2.45, 2.75) is 44.3 Å². The Bertz CT molecular complexity index is 580. The molecule has 2 N–H and O–H groups in total.